The minimum Gasteiger partial charge on any atom is -0.394 e. The van der Waals surface area contributed by atoms with Crippen molar-refractivity contribution in [1.82, 2.24) is 5.32 Å². The lowest BCUT2D eigenvalue weighted by molar-refractivity contribution is -0.123. The Morgan fingerprint density at radius 2 is 0.526 bits per heavy atom. The summed E-state index contributed by atoms with van der Waals surface area (Å²) in [5.74, 6) is -0.0545. The number of carbonyl (C=O) groups is 1. The molecule has 0 aliphatic heterocycles. The maximum Gasteiger partial charge on any atom is 0.220 e. The van der Waals surface area contributed by atoms with Crippen molar-refractivity contribution in [3.05, 3.63) is 36.5 Å². The van der Waals surface area contributed by atoms with E-state index in [4.69, 9.17) is 0 Å². The van der Waals surface area contributed by atoms with Gasteiger partial charge in [0.1, 0.15) is 0 Å². The van der Waals surface area contributed by atoms with Crippen molar-refractivity contribution < 1.29 is 15.0 Å². The first-order valence-electron chi connectivity index (χ1n) is 36.2. The van der Waals surface area contributed by atoms with E-state index >= 15 is 0 Å². The Morgan fingerprint density at radius 1 is 0.308 bits per heavy atom. The van der Waals surface area contributed by atoms with Crippen LogP contribution in [0.4, 0.5) is 0 Å². The second kappa shape index (κ2) is 69.9. The van der Waals surface area contributed by atoms with Gasteiger partial charge in [-0.3, -0.25) is 4.79 Å². The first-order valence-corrected chi connectivity index (χ1v) is 36.2. The Labute approximate surface area is 491 Å². The fraction of sp³-hybridized carbons (Fsp3) is 0.905. The SMILES string of the molecule is CCCCCCC/C=C\C/C=C\CCCCCCCCCCCCCCCCCCCCCCCCCCCC(=O)NC(CO)C(O)/C=C/CCCCCCCCCCCCCCCCCCCCCCCCCCCCC. The largest absolute Gasteiger partial charge is 0.394 e. The van der Waals surface area contributed by atoms with E-state index < -0.39 is 12.1 Å². The predicted molar refractivity (Wildman–Crippen MR) is 350 cm³/mol. The molecule has 0 aliphatic carbocycles. The van der Waals surface area contributed by atoms with Gasteiger partial charge in [0.2, 0.25) is 5.91 Å². The first-order chi connectivity index (χ1) is 38.7. The van der Waals surface area contributed by atoms with Gasteiger partial charge >= 0.3 is 0 Å². The lowest BCUT2D eigenvalue weighted by atomic mass is 10.0. The lowest BCUT2D eigenvalue weighted by Gasteiger charge is -2.20. The van der Waals surface area contributed by atoms with Crippen molar-refractivity contribution >= 4 is 5.91 Å². The summed E-state index contributed by atoms with van der Waals surface area (Å²) in [6.45, 7) is 4.35. The second-order valence-electron chi connectivity index (χ2n) is 25.0. The molecule has 0 saturated carbocycles. The molecule has 462 valence electrons. The Balaban J connectivity index is 3.40. The summed E-state index contributed by atoms with van der Waals surface area (Å²) in [6, 6.07) is -0.622. The molecule has 4 nitrogen and oxygen atoms in total. The molecule has 1 amide bonds. The highest BCUT2D eigenvalue weighted by atomic mass is 16.3. The molecule has 2 atom stereocenters. The molecule has 0 rings (SSSR count). The summed E-state index contributed by atoms with van der Waals surface area (Å²) in [5.41, 5.74) is 0. The molecule has 0 bridgehead atoms. The number of nitrogens with one attached hydrogen (secondary N) is 1. The molecule has 0 radical (unpaired) electrons. The zero-order valence-corrected chi connectivity index (χ0v) is 53.5. The number of hydrogen-bond acceptors (Lipinski definition) is 3. The molecule has 0 aliphatic rings. The molecule has 0 heterocycles. The van der Waals surface area contributed by atoms with Gasteiger partial charge in [-0.2, -0.15) is 0 Å². The van der Waals surface area contributed by atoms with Crippen LogP contribution in [-0.2, 0) is 4.79 Å². The first kappa shape index (κ1) is 76.6. The number of aliphatic hydroxyl groups excluding tert-OH is 2. The van der Waals surface area contributed by atoms with E-state index in [1.54, 1.807) is 6.08 Å². The monoisotopic (exact) mass is 1090 g/mol. The molecule has 0 aromatic rings. The van der Waals surface area contributed by atoms with Gasteiger partial charge in [-0.05, 0) is 51.4 Å². The summed E-state index contributed by atoms with van der Waals surface area (Å²) in [4.78, 5) is 12.5. The van der Waals surface area contributed by atoms with Crippen LogP contribution in [0.1, 0.15) is 412 Å². The van der Waals surface area contributed by atoms with Crippen LogP contribution in [-0.4, -0.2) is 34.9 Å². The Morgan fingerprint density at radius 3 is 0.769 bits per heavy atom. The third-order valence-electron chi connectivity index (χ3n) is 17.1. The molecule has 0 fully saturated rings. The van der Waals surface area contributed by atoms with Gasteiger partial charge in [0.05, 0.1) is 18.8 Å². The molecule has 78 heavy (non-hydrogen) atoms. The molecule has 0 saturated heterocycles. The van der Waals surface area contributed by atoms with E-state index in [-0.39, 0.29) is 12.5 Å². The van der Waals surface area contributed by atoms with Crippen LogP contribution >= 0.6 is 0 Å². The summed E-state index contributed by atoms with van der Waals surface area (Å²) < 4.78 is 0. The smallest absolute Gasteiger partial charge is 0.220 e. The highest BCUT2D eigenvalue weighted by Gasteiger charge is 2.18. The van der Waals surface area contributed by atoms with Crippen molar-refractivity contribution in [3.63, 3.8) is 0 Å². The van der Waals surface area contributed by atoms with E-state index in [1.165, 1.54) is 360 Å². The van der Waals surface area contributed by atoms with Crippen LogP contribution in [0, 0.1) is 0 Å². The van der Waals surface area contributed by atoms with Gasteiger partial charge < -0.3 is 15.5 Å². The Bertz CT molecular complexity index is 1190. The van der Waals surface area contributed by atoms with Crippen molar-refractivity contribution in [3.8, 4) is 0 Å². The molecule has 0 aromatic carbocycles. The van der Waals surface area contributed by atoms with Crippen LogP contribution in [0.25, 0.3) is 0 Å². The molecule has 4 heteroatoms. The number of hydrogen-bond donors (Lipinski definition) is 3. The van der Waals surface area contributed by atoms with Crippen molar-refractivity contribution in [2.75, 3.05) is 6.61 Å². The second-order valence-corrected chi connectivity index (χ2v) is 25.0. The third kappa shape index (κ3) is 65.4. The van der Waals surface area contributed by atoms with E-state index in [2.05, 4.69) is 43.5 Å². The van der Waals surface area contributed by atoms with Gasteiger partial charge in [0, 0.05) is 6.42 Å². The van der Waals surface area contributed by atoms with Gasteiger partial charge in [0.15, 0.2) is 0 Å². The average Bonchev–Trinajstić information content (AvgIpc) is 3.44. The highest BCUT2D eigenvalue weighted by Crippen LogP contribution is 2.19. The number of allylic oxidation sites excluding steroid dienone is 5. The van der Waals surface area contributed by atoms with Crippen LogP contribution < -0.4 is 5.32 Å². The van der Waals surface area contributed by atoms with Crippen LogP contribution in [0.15, 0.2) is 36.5 Å². The molecular formula is C74H143NO3. The van der Waals surface area contributed by atoms with Gasteiger partial charge in [-0.1, -0.05) is 391 Å². The maximum absolute atomic E-state index is 12.5. The summed E-state index contributed by atoms with van der Waals surface area (Å²) in [6.07, 6.45) is 96.8. The van der Waals surface area contributed by atoms with Crippen LogP contribution in [0.3, 0.4) is 0 Å². The van der Waals surface area contributed by atoms with Gasteiger partial charge in [-0.15, -0.1) is 0 Å². The topological polar surface area (TPSA) is 69.6 Å². The number of carbonyl (C=O) groups excluding carboxylic acids is 1. The van der Waals surface area contributed by atoms with Gasteiger partial charge in [0.25, 0.3) is 0 Å². The van der Waals surface area contributed by atoms with Gasteiger partial charge in [-0.25, -0.2) is 0 Å². The van der Waals surface area contributed by atoms with Crippen LogP contribution in [0.2, 0.25) is 0 Å². The molecular weight excluding hydrogens is 951 g/mol. The fourth-order valence-corrected chi connectivity index (χ4v) is 11.6. The zero-order chi connectivity index (χ0) is 56.2. The summed E-state index contributed by atoms with van der Waals surface area (Å²) >= 11 is 0. The van der Waals surface area contributed by atoms with Crippen molar-refractivity contribution in [2.45, 2.75) is 424 Å². The summed E-state index contributed by atoms with van der Waals surface area (Å²) in [5, 5.41) is 23.3. The zero-order valence-electron chi connectivity index (χ0n) is 53.5. The van der Waals surface area contributed by atoms with E-state index in [1.807, 2.05) is 6.08 Å². The maximum atomic E-state index is 12.5. The third-order valence-corrected chi connectivity index (χ3v) is 17.1. The van der Waals surface area contributed by atoms with E-state index in [9.17, 15) is 15.0 Å². The minimum atomic E-state index is -0.839. The molecule has 3 N–H and O–H groups in total. The fourth-order valence-electron chi connectivity index (χ4n) is 11.6. The molecule has 0 aromatic heterocycles. The molecule has 2 unspecified atom stereocenters. The predicted octanol–water partition coefficient (Wildman–Crippen LogP) is 24.7. The molecule has 0 spiro atoms. The van der Waals surface area contributed by atoms with Crippen LogP contribution in [0.5, 0.6) is 0 Å². The highest BCUT2D eigenvalue weighted by molar-refractivity contribution is 5.76. The number of rotatable bonds is 68. The number of unbranched alkanes of at least 4 members (excludes halogenated alkanes) is 57. The lowest BCUT2D eigenvalue weighted by Crippen LogP contribution is -2.45. The normalized spacial score (nSPS) is 12.8. The van der Waals surface area contributed by atoms with Crippen molar-refractivity contribution in [2.24, 2.45) is 0 Å². The Hall–Kier alpha value is -1.39. The quantitative estimate of drug-likeness (QED) is 0.0420. The number of amides is 1. The number of aliphatic hydroxyl groups is 2. The standard InChI is InChI=1S/C74H143NO3/c1-3-5-7-9-11-13-15-17-19-21-23-25-27-29-31-33-34-35-36-37-38-39-40-42-44-46-48-50-52-54-56-58-60-62-64-66-68-70-74(78)75-72(71-76)73(77)69-67-65-63-61-59-57-55-53-51-49-47-45-43-41-32-30-28-26-24-22-20-18-16-14-12-10-8-6-4-2/h15,17,21,23,67,69,72-73,76-77H,3-14,16,18-20,22,24-66,68,70-71H2,1-2H3,(H,75,78)/b17-15-,23-21-,69-67+. The summed E-state index contributed by atoms with van der Waals surface area (Å²) in [7, 11) is 0. The van der Waals surface area contributed by atoms with Crippen molar-refractivity contribution in [1.29, 1.82) is 0 Å². The van der Waals surface area contributed by atoms with E-state index in [0.717, 1.165) is 32.1 Å². The minimum absolute atomic E-state index is 0.0545. The van der Waals surface area contributed by atoms with E-state index in [0.29, 0.717) is 6.42 Å². The average molecular weight is 1090 g/mol. The Kier molecular flexibility index (Phi) is 68.6.